The van der Waals surface area contributed by atoms with Crippen molar-refractivity contribution < 1.29 is 27.2 Å². The Kier molecular flexibility index (Phi) is 4.55. The van der Waals surface area contributed by atoms with Crippen LogP contribution in [0.4, 0.5) is 0 Å². The van der Waals surface area contributed by atoms with Crippen molar-refractivity contribution in [1.82, 2.24) is 9.29 Å². The van der Waals surface area contributed by atoms with Gasteiger partial charge in [0.25, 0.3) is 0 Å². The molecule has 22 heavy (non-hydrogen) atoms. The molecule has 0 aliphatic rings. The number of oxazole rings is 1. The molecule has 0 radical (unpaired) electrons. The van der Waals surface area contributed by atoms with E-state index in [1.165, 1.54) is 44.6 Å². The minimum absolute atomic E-state index is 0.0756. The molecule has 0 saturated carbocycles. The third-order valence-electron chi connectivity index (χ3n) is 2.81. The average Bonchev–Trinajstić information content (AvgIpc) is 2.85. The summed E-state index contributed by atoms with van der Waals surface area (Å²) < 4.78 is 41.1. The Bertz CT molecular complexity index is 806. The first-order valence-corrected chi connectivity index (χ1v) is 9.35. The molecule has 0 unspecified atom stereocenters. The Morgan fingerprint density at radius 1 is 1.23 bits per heavy atom. The van der Waals surface area contributed by atoms with Gasteiger partial charge in [-0.1, -0.05) is 0 Å². The fraction of sp³-hybridized carbons (Fsp3) is 0.250. The number of hydrogen-bond acceptors (Lipinski definition) is 5. The maximum atomic E-state index is 11.9. The Balaban J connectivity index is 2.27. The van der Waals surface area contributed by atoms with E-state index in [4.69, 9.17) is 14.2 Å². The van der Waals surface area contributed by atoms with Crippen LogP contribution in [0.3, 0.4) is 0 Å². The summed E-state index contributed by atoms with van der Waals surface area (Å²) in [6, 6.07) is 5.93. The van der Waals surface area contributed by atoms with Crippen LogP contribution >= 0.6 is 7.60 Å². The molecule has 2 rings (SSSR count). The second-order valence-corrected chi connectivity index (χ2v) is 8.55. The van der Waals surface area contributed by atoms with Crippen molar-refractivity contribution >= 4 is 17.6 Å². The van der Waals surface area contributed by atoms with Crippen LogP contribution in [0, 0.1) is 0 Å². The van der Waals surface area contributed by atoms with Crippen LogP contribution in [0.15, 0.2) is 39.8 Å². The summed E-state index contributed by atoms with van der Waals surface area (Å²) in [6.45, 7) is 0. The molecule has 0 saturated heterocycles. The lowest BCUT2D eigenvalue weighted by Gasteiger charge is -2.11. The second-order valence-electron chi connectivity index (χ2n) is 4.75. The highest BCUT2D eigenvalue weighted by molar-refractivity contribution is 7.89. The molecular weight excluding hydrogens is 331 g/mol. The average molecular weight is 346 g/mol. The molecule has 1 aromatic carbocycles. The van der Waals surface area contributed by atoms with E-state index in [0.29, 0.717) is 11.3 Å². The number of sulfonamides is 1. The molecule has 2 N–H and O–H groups in total. The lowest BCUT2D eigenvalue weighted by atomic mass is 10.2. The molecule has 0 atom stereocenters. The number of nitrogens with zero attached hydrogens (tertiary/aromatic N) is 2. The molecule has 8 nitrogen and oxygen atoms in total. The summed E-state index contributed by atoms with van der Waals surface area (Å²) in [5.74, 6) is 0.227. The standard InChI is InChI=1S/C12H15N2O6PS/c1-14(2)22(18,19)10-5-3-9(4-6-10)11-7-13-12(20-11)8-21(15,16)17/h3-7H,8H2,1-2H3,(H2,15,16,17). The largest absolute Gasteiger partial charge is 0.440 e. The van der Waals surface area contributed by atoms with Crippen LogP contribution in [-0.4, -0.2) is 41.6 Å². The SMILES string of the molecule is CN(C)S(=O)(=O)c1ccc(-c2cnc(CP(=O)(O)O)o2)cc1. The Labute approximate surface area is 127 Å². The third-order valence-corrected chi connectivity index (χ3v) is 5.32. The molecule has 0 amide bonds. The van der Waals surface area contributed by atoms with E-state index in [2.05, 4.69) is 4.98 Å². The van der Waals surface area contributed by atoms with Crippen molar-refractivity contribution in [3.8, 4) is 11.3 Å². The molecule has 0 aliphatic heterocycles. The van der Waals surface area contributed by atoms with Crippen molar-refractivity contribution in [2.75, 3.05) is 14.1 Å². The van der Waals surface area contributed by atoms with Crippen LogP contribution in [0.2, 0.25) is 0 Å². The summed E-state index contributed by atoms with van der Waals surface area (Å²) in [7, 11) is -4.88. The quantitative estimate of drug-likeness (QED) is 0.782. The van der Waals surface area contributed by atoms with Crippen molar-refractivity contribution in [2.45, 2.75) is 11.1 Å². The first-order valence-electron chi connectivity index (χ1n) is 6.12. The van der Waals surface area contributed by atoms with Gasteiger partial charge in [-0.25, -0.2) is 17.7 Å². The first kappa shape index (κ1) is 16.9. The fourth-order valence-electron chi connectivity index (χ4n) is 1.70. The number of benzene rings is 1. The van der Waals surface area contributed by atoms with E-state index in [-0.39, 0.29) is 10.8 Å². The van der Waals surface area contributed by atoms with Crippen molar-refractivity contribution in [3.05, 3.63) is 36.4 Å². The summed E-state index contributed by atoms with van der Waals surface area (Å²) in [4.78, 5) is 21.7. The lowest BCUT2D eigenvalue weighted by Crippen LogP contribution is -2.22. The molecule has 2 aromatic rings. The highest BCUT2D eigenvalue weighted by atomic mass is 32.2. The zero-order valence-electron chi connectivity index (χ0n) is 11.9. The van der Waals surface area contributed by atoms with Gasteiger partial charge in [0.05, 0.1) is 11.1 Å². The van der Waals surface area contributed by atoms with Crippen LogP contribution in [0.1, 0.15) is 5.89 Å². The molecule has 0 spiro atoms. The van der Waals surface area contributed by atoms with E-state index in [9.17, 15) is 13.0 Å². The van der Waals surface area contributed by atoms with Gasteiger partial charge in [0.2, 0.25) is 15.9 Å². The second kappa shape index (κ2) is 5.94. The van der Waals surface area contributed by atoms with Gasteiger partial charge in [-0.3, -0.25) is 4.57 Å². The molecule has 0 aliphatic carbocycles. The van der Waals surface area contributed by atoms with Crippen LogP contribution in [0.5, 0.6) is 0 Å². The number of hydrogen-bond donors (Lipinski definition) is 2. The van der Waals surface area contributed by atoms with Gasteiger partial charge >= 0.3 is 7.60 Å². The maximum Gasteiger partial charge on any atom is 0.334 e. The topological polar surface area (TPSA) is 121 Å². The van der Waals surface area contributed by atoms with Crippen LogP contribution in [-0.2, 0) is 20.8 Å². The Morgan fingerprint density at radius 3 is 2.32 bits per heavy atom. The van der Waals surface area contributed by atoms with Crippen LogP contribution < -0.4 is 0 Å². The summed E-state index contributed by atoms with van der Waals surface area (Å²) in [5, 5.41) is 0. The van der Waals surface area contributed by atoms with Gasteiger partial charge < -0.3 is 14.2 Å². The van der Waals surface area contributed by atoms with Gasteiger partial charge in [0.1, 0.15) is 6.16 Å². The van der Waals surface area contributed by atoms with Gasteiger partial charge in [-0.2, -0.15) is 0 Å². The van der Waals surface area contributed by atoms with Crippen molar-refractivity contribution in [2.24, 2.45) is 0 Å². The van der Waals surface area contributed by atoms with E-state index in [1.54, 1.807) is 0 Å². The minimum Gasteiger partial charge on any atom is -0.440 e. The first-order chi connectivity index (χ1) is 10.1. The lowest BCUT2D eigenvalue weighted by molar-refractivity contribution is 0.364. The molecule has 1 heterocycles. The summed E-state index contributed by atoms with van der Waals surface area (Å²) in [6.07, 6.45) is 0.751. The molecule has 0 fully saturated rings. The zero-order chi connectivity index (χ0) is 16.5. The normalized spacial score (nSPS) is 12.8. The molecule has 0 bridgehead atoms. The number of rotatable bonds is 5. The highest BCUT2D eigenvalue weighted by Gasteiger charge is 2.20. The Hall–Kier alpha value is -1.51. The number of aromatic nitrogens is 1. The predicted molar refractivity (Wildman–Crippen MR) is 78.6 cm³/mol. The summed E-state index contributed by atoms with van der Waals surface area (Å²) >= 11 is 0. The maximum absolute atomic E-state index is 11.9. The smallest absolute Gasteiger partial charge is 0.334 e. The van der Waals surface area contributed by atoms with Gasteiger partial charge in [0, 0.05) is 19.7 Å². The van der Waals surface area contributed by atoms with E-state index in [0.717, 1.165) is 4.31 Å². The monoisotopic (exact) mass is 346 g/mol. The van der Waals surface area contributed by atoms with Crippen molar-refractivity contribution in [3.63, 3.8) is 0 Å². The zero-order valence-corrected chi connectivity index (χ0v) is 13.6. The van der Waals surface area contributed by atoms with Gasteiger partial charge in [-0.15, -0.1) is 0 Å². The summed E-state index contributed by atoms with van der Waals surface area (Å²) in [5.41, 5.74) is 0.558. The predicted octanol–water partition coefficient (Wildman–Crippen LogP) is 1.27. The minimum atomic E-state index is -4.25. The molecular formula is C12H15N2O6PS. The highest BCUT2D eigenvalue weighted by Crippen LogP contribution is 2.39. The van der Waals surface area contributed by atoms with Gasteiger partial charge in [0.15, 0.2) is 5.76 Å². The van der Waals surface area contributed by atoms with Gasteiger partial charge in [-0.05, 0) is 24.3 Å². The third kappa shape index (κ3) is 3.82. The van der Waals surface area contributed by atoms with E-state index in [1.807, 2.05) is 0 Å². The fourth-order valence-corrected chi connectivity index (χ4v) is 3.10. The van der Waals surface area contributed by atoms with E-state index < -0.39 is 23.8 Å². The molecule has 1 aromatic heterocycles. The van der Waals surface area contributed by atoms with Crippen LogP contribution in [0.25, 0.3) is 11.3 Å². The van der Waals surface area contributed by atoms with Crippen molar-refractivity contribution in [1.29, 1.82) is 0 Å². The van der Waals surface area contributed by atoms with E-state index >= 15 is 0 Å². The molecule has 120 valence electrons. The molecule has 10 heteroatoms. The Morgan fingerprint density at radius 2 is 1.82 bits per heavy atom.